The Morgan fingerprint density at radius 3 is 2.56 bits per heavy atom. The molecule has 0 N–H and O–H groups in total. The Hall–Kier alpha value is -0.0800. The van der Waals surface area contributed by atoms with Crippen molar-refractivity contribution in [1.29, 1.82) is 0 Å². The quantitative estimate of drug-likeness (QED) is 0.737. The van der Waals surface area contributed by atoms with Gasteiger partial charge in [0.05, 0.1) is 12.7 Å². The normalized spacial score (nSPS) is 37.7. The summed E-state index contributed by atoms with van der Waals surface area (Å²) in [5.41, 5.74) is 0. The van der Waals surface area contributed by atoms with Gasteiger partial charge in [-0.1, -0.05) is 32.6 Å². The summed E-state index contributed by atoms with van der Waals surface area (Å²) >= 11 is 0. The standard InChI is InChI=1S/C16H30O2/c1-13-6-3-4-8-15(13)12-18-16-9-5-7-14(10-16)11-17-2/h13-16H,3-12H2,1-2H3. The molecule has 0 aromatic carbocycles. The van der Waals surface area contributed by atoms with Gasteiger partial charge in [0, 0.05) is 13.7 Å². The first kappa shape index (κ1) is 14.3. The van der Waals surface area contributed by atoms with Crippen molar-refractivity contribution in [2.24, 2.45) is 17.8 Å². The second-order valence-corrected chi connectivity index (χ2v) is 6.47. The fourth-order valence-electron chi connectivity index (χ4n) is 3.68. The van der Waals surface area contributed by atoms with Crippen LogP contribution in [-0.4, -0.2) is 26.4 Å². The summed E-state index contributed by atoms with van der Waals surface area (Å²) < 4.78 is 11.5. The maximum absolute atomic E-state index is 6.21. The number of rotatable bonds is 5. The smallest absolute Gasteiger partial charge is 0.0578 e. The first-order valence-electron chi connectivity index (χ1n) is 7.90. The molecule has 0 aromatic rings. The van der Waals surface area contributed by atoms with Crippen LogP contribution in [-0.2, 0) is 9.47 Å². The zero-order chi connectivity index (χ0) is 12.8. The van der Waals surface area contributed by atoms with Crippen LogP contribution < -0.4 is 0 Å². The third kappa shape index (κ3) is 4.24. The van der Waals surface area contributed by atoms with Gasteiger partial charge in [0.1, 0.15) is 0 Å². The van der Waals surface area contributed by atoms with Gasteiger partial charge >= 0.3 is 0 Å². The lowest BCUT2D eigenvalue weighted by atomic mass is 9.81. The van der Waals surface area contributed by atoms with E-state index in [0.29, 0.717) is 6.10 Å². The largest absolute Gasteiger partial charge is 0.384 e. The molecule has 0 bridgehead atoms. The van der Waals surface area contributed by atoms with E-state index in [4.69, 9.17) is 9.47 Å². The van der Waals surface area contributed by atoms with Crippen LogP contribution in [0.5, 0.6) is 0 Å². The highest BCUT2D eigenvalue weighted by Gasteiger charge is 2.26. The molecule has 106 valence electrons. The van der Waals surface area contributed by atoms with Crippen LogP contribution in [0.4, 0.5) is 0 Å². The van der Waals surface area contributed by atoms with Crippen molar-refractivity contribution in [3.63, 3.8) is 0 Å². The molecule has 2 nitrogen and oxygen atoms in total. The molecule has 2 aliphatic rings. The molecule has 4 unspecified atom stereocenters. The molecule has 2 heteroatoms. The molecule has 0 aliphatic heterocycles. The summed E-state index contributed by atoms with van der Waals surface area (Å²) in [6, 6.07) is 0. The van der Waals surface area contributed by atoms with Crippen molar-refractivity contribution in [3.8, 4) is 0 Å². The Balaban J connectivity index is 1.69. The number of methoxy groups -OCH3 is 1. The zero-order valence-electron chi connectivity index (χ0n) is 12.2. The van der Waals surface area contributed by atoms with Crippen molar-refractivity contribution >= 4 is 0 Å². The van der Waals surface area contributed by atoms with Gasteiger partial charge in [-0.25, -0.2) is 0 Å². The van der Waals surface area contributed by atoms with Gasteiger partial charge in [-0.3, -0.25) is 0 Å². The molecule has 4 atom stereocenters. The molecule has 2 fully saturated rings. The molecule has 2 saturated carbocycles. The fraction of sp³-hybridized carbons (Fsp3) is 1.00. The van der Waals surface area contributed by atoms with Crippen LogP contribution in [0, 0.1) is 17.8 Å². The molecule has 0 radical (unpaired) electrons. The Bertz CT molecular complexity index is 227. The predicted molar refractivity (Wildman–Crippen MR) is 74.7 cm³/mol. The molecule has 0 spiro atoms. The Kier molecular flexibility index (Phi) is 5.97. The fourth-order valence-corrected chi connectivity index (χ4v) is 3.68. The molecule has 2 aliphatic carbocycles. The van der Waals surface area contributed by atoms with E-state index in [1.165, 1.54) is 51.4 Å². The molecule has 2 rings (SSSR count). The van der Waals surface area contributed by atoms with Crippen LogP contribution in [0.1, 0.15) is 58.3 Å². The van der Waals surface area contributed by atoms with Gasteiger partial charge in [-0.05, 0) is 43.4 Å². The Labute approximate surface area is 112 Å². The Morgan fingerprint density at radius 2 is 1.78 bits per heavy atom. The zero-order valence-corrected chi connectivity index (χ0v) is 12.2. The molecule has 0 amide bonds. The summed E-state index contributed by atoms with van der Waals surface area (Å²) in [7, 11) is 1.81. The maximum Gasteiger partial charge on any atom is 0.0578 e. The molecule has 0 aromatic heterocycles. The van der Waals surface area contributed by atoms with Crippen LogP contribution in [0.3, 0.4) is 0 Å². The van der Waals surface area contributed by atoms with Crippen molar-refractivity contribution < 1.29 is 9.47 Å². The lowest BCUT2D eigenvalue weighted by Gasteiger charge is -2.33. The van der Waals surface area contributed by atoms with Gasteiger partial charge < -0.3 is 9.47 Å². The van der Waals surface area contributed by atoms with E-state index in [9.17, 15) is 0 Å². The van der Waals surface area contributed by atoms with Gasteiger partial charge in [0.2, 0.25) is 0 Å². The number of hydrogen-bond donors (Lipinski definition) is 0. The molecular weight excluding hydrogens is 224 g/mol. The van der Waals surface area contributed by atoms with E-state index in [-0.39, 0.29) is 0 Å². The van der Waals surface area contributed by atoms with E-state index in [0.717, 1.165) is 31.0 Å². The highest BCUT2D eigenvalue weighted by molar-refractivity contribution is 4.76. The molecule has 0 saturated heterocycles. The van der Waals surface area contributed by atoms with Crippen molar-refractivity contribution in [2.45, 2.75) is 64.4 Å². The topological polar surface area (TPSA) is 18.5 Å². The summed E-state index contributed by atoms with van der Waals surface area (Å²) in [4.78, 5) is 0. The average molecular weight is 254 g/mol. The maximum atomic E-state index is 6.21. The second kappa shape index (κ2) is 7.49. The van der Waals surface area contributed by atoms with E-state index < -0.39 is 0 Å². The molecular formula is C16H30O2. The van der Waals surface area contributed by atoms with Crippen LogP contribution in [0.25, 0.3) is 0 Å². The van der Waals surface area contributed by atoms with E-state index >= 15 is 0 Å². The lowest BCUT2D eigenvalue weighted by Crippen LogP contribution is -2.29. The monoisotopic (exact) mass is 254 g/mol. The number of hydrogen-bond acceptors (Lipinski definition) is 2. The van der Waals surface area contributed by atoms with E-state index in [2.05, 4.69) is 6.92 Å². The highest BCUT2D eigenvalue weighted by atomic mass is 16.5. The second-order valence-electron chi connectivity index (χ2n) is 6.47. The SMILES string of the molecule is COCC1CCCC(OCC2CCCCC2C)C1. The summed E-state index contributed by atoms with van der Waals surface area (Å²) in [6.07, 6.45) is 11.3. The van der Waals surface area contributed by atoms with Crippen LogP contribution in [0.2, 0.25) is 0 Å². The average Bonchev–Trinajstić information content (AvgIpc) is 2.39. The van der Waals surface area contributed by atoms with E-state index in [1.807, 2.05) is 7.11 Å². The predicted octanol–water partition coefficient (Wildman–Crippen LogP) is 4.03. The van der Waals surface area contributed by atoms with Gasteiger partial charge in [-0.2, -0.15) is 0 Å². The van der Waals surface area contributed by atoms with Gasteiger partial charge in [-0.15, -0.1) is 0 Å². The minimum atomic E-state index is 0.507. The van der Waals surface area contributed by atoms with E-state index in [1.54, 1.807) is 0 Å². The summed E-state index contributed by atoms with van der Waals surface area (Å²) in [6.45, 7) is 4.33. The minimum Gasteiger partial charge on any atom is -0.384 e. The third-order valence-electron chi connectivity index (χ3n) is 4.97. The van der Waals surface area contributed by atoms with Gasteiger partial charge in [0.15, 0.2) is 0 Å². The first-order valence-corrected chi connectivity index (χ1v) is 7.90. The molecule has 0 heterocycles. The molecule has 18 heavy (non-hydrogen) atoms. The van der Waals surface area contributed by atoms with Crippen LogP contribution >= 0.6 is 0 Å². The summed E-state index contributed by atoms with van der Waals surface area (Å²) in [5.74, 6) is 2.43. The van der Waals surface area contributed by atoms with Crippen molar-refractivity contribution in [1.82, 2.24) is 0 Å². The lowest BCUT2D eigenvalue weighted by molar-refractivity contribution is -0.0291. The third-order valence-corrected chi connectivity index (χ3v) is 4.97. The highest BCUT2D eigenvalue weighted by Crippen LogP contribution is 2.32. The first-order chi connectivity index (χ1) is 8.79. The van der Waals surface area contributed by atoms with Crippen LogP contribution in [0.15, 0.2) is 0 Å². The Morgan fingerprint density at radius 1 is 0.944 bits per heavy atom. The van der Waals surface area contributed by atoms with Crippen molar-refractivity contribution in [2.75, 3.05) is 20.3 Å². The minimum absolute atomic E-state index is 0.507. The van der Waals surface area contributed by atoms with Gasteiger partial charge in [0.25, 0.3) is 0 Å². The number of ether oxygens (including phenoxy) is 2. The van der Waals surface area contributed by atoms with Crippen molar-refractivity contribution in [3.05, 3.63) is 0 Å². The summed E-state index contributed by atoms with van der Waals surface area (Å²) in [5, 5.41) is 0.